The molecule has 10 heteroatoms. The van der Waals surface area contributed by atoms with Gasteiger partial charge in [-0.2, -0.15) is 4.99 Å². The maximum absolute atomic E-state index is 12.3. The quantitative estimate of drug-likeness (QED) is 0.350. The van der Waals surface area contributed by atoms with E-state index in [1.807, 2.05) is 14.1 Å². The van der Waals surface area contributed by atoms with Gasteiger partial charge in [0.2, 0.25) is 0 Å². The van der Waals surface area contributed by atoms with Crippen molar-refractivity contribution >= 4 is 59.9 Å². The number of hydrogen-bond acceptors (Lipinski definition) is 3. The lowest BCUT2D eigenvalue weighted by molar-refractivity contribution is 0.100. The van der Waals surface area contributed by atoms with Crippen LogP contribution in [-0.2, 0) is 0 Å². The Morgan fingerprint density at radius 1 is 1.10 bits per heavy atom. The summed E-state index contributed by atoms with van der Waals surface area (Å²) in [6, 6.07) is 10.2. The van der Waals surface area contributed by atoms with Crippen molar-refractivity contribution in [1.29, 1.82) is 0 Å². The molecule has 0 radical (unpaired) electrons. The van der Waals surface area contributed by atoms with Gasteiger partial charge in [-0.15, -0.1) is 24.8 Å². The van der Waals surface area contributed by atoms with Gasteiger partial charge in [0.1, 0.15) is 5.75 Å². The summed E-state index contributed by atoms with van der Waals surface area (Å²) in [5, 5.41) is 1.04. The lowest BCUT2D eigenvalue weighted by Gasteiger charge is -2.13. The number of halogens is 4. The van der Waals surface area contributed by atoms with E-state index in [1.54, 1.807) is 36.4 Å². The topological polar surface area (TPSA) is 93.9 Å². The lowest BCUT2D eigenvalue weighted by atomic mass is 10.0. The SMILES string of the molecule is CN(C)CCCOc1cc(C(=O)N=C(N)N)cc(-c2cc(Cl)ccc2Cl)c1.Cl.Cl. The van der Waals surface area contributed by atoms with Gasteiger partial charge in [0.15, 0.2) is 5.96 Å². The third-order valence-corrected chi connectivity index (χ3v) is 4.21. The van der Waals surface area contributed by atoms with E-state index in [-0.39, 0.29) is 30.8 Å². The molecule has 0 spiro atoms. The highest BCUT2D eigenvalue weighted by Crippen LogP contribution is 2.33. The van der Waals surface area contributed by atoms with Crippen LogP contribution in [0.25, 0.3) is 11.1 Å². The molecule has 0 saturated carbocycles. The number of guanidine groups is 1. The molecule has 1 amide bonds. The van der Waals surface area contributed by atoms with Gasteiger partial charge in [-0.05, 0) is 62.5 Å². The van der Waals surface area contributed by atoms with Crippen molar-refractivity contribution in [3.05, 3.63) is 52.0 Å². The molecular weight excluding hydrogens is 458 g/mol. The second-order valence-corrected chi connectivity index (χ2v) is 7.06. The number of hydrogen-bond donors (Lipinski definition) is 2. The Morgan fingerprint density at radius 2 is 1.79 bits per heavy atom. The van der Waals surface area contributed by atoms with Crippen LogP contribution in [0.3, 0.4) is 0 Å². The van der Waals surface area contributed by atoms with Crippen molar-refractivity contribution in [2.75, 3.05) is 27.2 Å². The molecule has 4 N–H and O–H groups in total. The fourth-order valence-electron chi connectivity index (χ4n) is 2.43. The van der Waals surface area contributed by atoms with Crippen LogP contribution in [0.15, 0.2) is 41.4 Å². The van der Waals surface area contributed by atoms with E-state index in [0.29, 0.717) is 39.1 Å². The van der Waals surface area contributed by atoms with E-state index in [1.165, 1.54) is 0 Å². The smallest absolute Gasteiger partial charge is 0.280 e. The van der Waals surface area contributed by atoms with E-state index in [9.17, 15) is 4.79 Å². The Balaban J connectivity index is 0.00000392. The first-order valence-electron chi connectivity index (χ1n) is 8.28. The second kappa shape index (κ2) is 12.8. The summed E-state index contributed by atoms with van der Waals surface area (Å²) in [7, 11) is 3.99. The summed E-state index contributed by atoms with van der Waals surface area (Å²) in [6.07, 6.45) is 0.840. The van der Waals surface area contributed by atoms with Crippen LogP contribution in [0.4, 0.5) is 0 Å². The van der Waals surface area contributed by atoms with Gasteiger partial charge in [-0.3, -0.25) is 4.79 Å². The molecule has 0 fully saturated rings. The molecule has 0 unspecified atom stereocenters. The monoisotopic (exact) mass is 480 g/mol. The van der Waals surface area contributed by atoms with Gasteiger partial charge >= 0.3 is 0 Å². The number of rotatable bonds is 7. The average Bonchev–Trinajstić information content (AvgIpc) is 2.60. The highest BCUT2D eigenvalue weighted by molar-refractivity contribution is 6.35. The molecule has 0 aromatic heterocycles. The molecular formula is C19H24Cl4N4O2. The van der Waals surface area contributed by atoms with Gasteiger partial charge < -0.3 is 21.1 Å². The Hall–Kier alpha value is -1.70. The van der Waals surface area contributed by atoms with E-state index >= 15 is 0 Å². The molecule has 6 nitrogen and oxygen atoms in total. The number of amides is 1. The number of carbonyl (C=O) groups is 1. The summed E-state index contributed by atoms with van der Waals surface area (Å²) in [5.41, 5.74) is 12.3. The molecule has 160 valence electrons. The molecule has 0 aliphatic carbocycles. The van der Waals surface area contributed by atoms with Gasteiger partial charge in [0.05, 0.1) is 6.61 Å². The second-order valence-electron chi connectivity index (χ2n) is 6.22. The van der Waals surface area contributed by atoms with Crippen LogP contribution in [0.5, 0.6) is 5.75 Å². The lowest BCUT2D eigenvalue weighted by Crippen LogP contribution is -2.24. The normalized spacial score (nSPS) is 9.97. The zero-order valence-electron chi connectivity index (χ0n) is 16.0. The molecule has 0 bridgehead atoms. The minimum absolute atomic E-state index is 0. The third-order valence-electron chi connectivity index (χ3n) is 3.64. The summed E-state index contributed by atoms with van der Waals surface area (Å²) in [6.45, 7) is 1.39. The highest BCUT2D eigenvalue weighted by Gasteiger charge is 2.13. The van der Waals surface area contributed by atoms with Crippen molar-refractivity contribution in [3.8, 4) is 16.9 Å². The molecule has 0 heterocycles. The summed E-state index contributed by atoms with van der Waals surface area (Å²) < 4.78 is 5.82. The van der Waals surface area contributed by atoms with Crippen molar-refractivity contribution in [2.45, 2.75) is 6.42 Å². The van der Waals surface area contributed by atoms with Crippen molar-refractivity contribution in [1.82, 2.24) is 4.90 Å². The van der Waals surface area contributed by atoms with Crippen molar-refractivity contribution in [3.63, 3.8) is 0 Å². The van der Waals surface area contributed by atoms with Crippen LogP contribution in [-0.4, -0.2) is 44.0 Å². The van der Waals surface area contributed by atoms with Crippen LogP contribution in [0, 0.1) is 0 Å². The first-order valence-corrected chi connectivity index (χ1v) is 9.04. The predicted octanol–water partition coefficient (Wildman–Crippen LogP) is 4.25. The molecule has 0 saturated heterocycles. The number of ether oxygens (including phenoxy) is 1. The Morgan fingerprint density at radius 3 is 2.41 bits per heavy atom. The van der Waals surface area contributed by atoms with Crippen molar-refractivity contribution < 1.29 is 9.53 Å². The summed E-state index contributed by atoms with van der Waals surface area (Å²) in [5.74, 6) is -0.343. The number of benzene rings is 2. The molecule has 2 aromatic rings. The van der Waals surface area contributed by atoms with Gasteiger partial charge in [0.25, 0.3) is 5.91 Å². The van der Waals surface area contributed by atoms with E-state index < -0.39 is 5.91 Å². The number of aliphatic imine (C=N–C) groups is 1. The fraction of sp³-hybridized carbons (Fsp3) is 0.263. The molecule has 2 aromatic carbocycles. The Kier molecular flexibility index (Phi) is 12.0. The average molecular weight is 482 g/mol. The van der Waals surface area contributed by atoms with E-state index in [4.69, 9.17) is 39.4 Å². The van der Waals surface area contributed by atoms with Crippen LogP contribution < -0.4 is 16.2 Å². The van der Waals surface area contributed by atoms with Crippen LogP contribution >= 0.6 is 48.0 Å². The van der Waals surface area contributed by atoms with E-state index in [2.05, 4.69) is 9.89 Å². The largest absolute Gasteiger partial charge is 0.494 e. The molecule has 0 atom stereocenters. The molecule has 29 heavy (non-hydrogen) atoms. The molecule has 0 aliphatic heterocycles. The number of nitrogens with zero attached hydrogens (tertiary/aromatic N) is 2. The zero-order valence-corrected chi connectivity index (χ0v) is 19.2. The third kappa shape index (κ3) is 8.68. The Labute approximate surface area is 193 Å². The summed E-state index contributed by atoms with van der Waals surface area (Å²) >= 11 is 12.4. The minimum Gasteiger partial charge on any atom is -0.494 e. The summed E-state index contributed by atoms with van der Waals surface area (Å²) in [4.78, 5) is 18.0. The number of nitrogens with two attached hydrogens (primary N) is 2. The van der Waals surface area contributed by atoms with Crippen LogP contribution in [0.1, 0.15) is 16.8 Å². The van der Waals surface area contributed by atoms with Gasteiger partial charge in [-0.1, -0.05) is 23.2 Å². The van der Waals surface area contributed by atoms with Crippen LogP contribution in [0.2, 0.25) is 10.0 Å². The minimum atomic E-state index is -0.562. The maximum Gasteiger partial charge on any atom is 0.280 e. The first kappa shape index (κ1) is 27.3. The van der Waals surface area contributed by atoms with Gasteiger partial charge in [0, 0.05) is 27.7 Å². The Bertz CT molecular complexity index is 856. The number of carbonyl (C=O) groups excluding carboxylic acids is 1. The van der Waals surface area contributed by atoms with Crippen molar-refractivity contribution in [2.24, 2.45) is 16.5 Å². The predicted molar refractivity (Wildman–Crippen MR) is 125 cm³/mol. The van der Waals surface area contributed by atoms with E-state index in [0.717, 1.165) is 13.0 Å². The highest BCUT2D eigenvalue weighted by atomic mass is 35.5. The molecule has 2 rings (SSSR count). The molecule has 0 aliphatic rings. The first-order chi connectivity index (χ1) is 12.8. The van der Waals surface area contributed by atoms with Gasteiger partial charge in [-0.25, -0.2) is 0 Å². The maximum atomic E-state index is 12.3. The zero-order chi connectivity index (χ0) is 20.0. The standard InChI is InChI=1S/C19H22Cl2N4O2.2ClH/c1-25(2)6-3-7-27-15-9-12(16-11-14(20)4-5-17(16)21)8-13(10-15)18(26)24-19(22)23;;/h4-5,8-11H,3,6-7H2,1-2H3,(H4,22,23,24,26);2*1H. The fourth-order valence-corrected chi connectivity index (χ4v) is 2.83.